The second kappa shape index (κ2) is 18.8. The van der Waals surface area contributed by atoms with Crippen LogP contribution in [-0.2, 0) is 27.0 Å². The number of amides is 2. The number of imide groups is 1. The number of benzene rings is 3. The SMILES string of the molecule is CCc1cc(Nc2ncc(Br)c(Nc3ccc4nc(C)ccc4c3P(C)(C)=O)n2)c(OC)cc1N1CCC(N2CCN(CCc3ccc4cn(C5CCC(=O)NC5=O)nc4c3)CC2)CC1. The number of methoxy groups -OCH3 is 1. The molecular weight excluding hydrogens is 905 g/mol. The van der Waals surface area contributed by atoms with Crippen LogP contribution in [0.5, 0.6) is 5.75 Å². The lowest BCUT2D eigenvalue weighted by Gasteiger charge is -2.43. The highest BCUT2D eigenvalue weighted by atomic mass is 79.9. The fourth-order valence-electron chi connectivity index (χ4n) is 9.63. The maximum atomic E-state index is 13.7. The molecule has 1 atom stereocenters. The zero-order valence-electron chi connectivity index (χ0n) is 37.7. The van der Waals surface area contributed by atoms with E-state index < -0.39 is 13.2 Å². The molecule has 17 heteroatoms. The predicted molar refractivity (Wildman–Crippen MR) is 262 cm³/mol. The lowest BCUT2D eigenvalue weighted by atomic mass is 9.99. The molecule has 0 spiro atoms. The van der Waals surface area contributed by atoms with Gasteiger partial charge >= 0.3 is 0 Å². The summed E-state index contributed by atoms with van der Waals surface area (Å²) in [6, 6.07) is 18.6. The molecule has 3 N–H and O–H groups in total. The van der Waals surface area contributed by atoms with Crippen molar-refractivity contribution in [3.05, 3.63) is 88.3 Å². The molecule has 15 nitrogen and oxygen atoms in total. The van der Waals surface area contributed by atoms with E-state index in [-0.39, 0.29) is 11.8 Å². The summed E-state index contributed by atoms with van der Waals surface area (Å²) in [6.07, 6.45) is 8.45. The molecular formula is C48H57BrN11O4P. The first kappa shape index (κ1) is 44.8. The summed E-state index contributed by atoms with van der Waals surface area (Å²) in [6.45, 7) is 14.9. The zero-order chi connectivity index (χ0) is 45.4. The molecule has 2 amide bonds. The van der Waals surface area contributed by atoms with Crippen molar-refractivity contribution >= 4 is 90.8 Å². The summed E-state index contributed by atoms with van der Waals surface area (Å²) in [5, 5.41) is 16.6. The number of piperazine rings is 1. The lowest BCUT2D eigenvalue weighted by molar-refractivity contribution is -0.135. The molecule has 3 fully saturated rings. The number of aromatic nitrogens is 5. The number of ether oxygens (including phenoxy) is 1. The van der Waals surface area contributed by atoms with E-state index in [4.69, 9.17) is 14.8 Å². The number of hydrogen-bond donors (Lipinski definition) is 3. The van der Waals surface area contributed by atoms with Crippen LogP contribution in [0, 0.1) is 6.92 Å². The van der Waals surface area contributed by atoms with Gasteiger partial charge in [0.25, 0.3) is 5.91 Å². The number of pyridine rings is 1. The minimum Gasteiger partial charge on any atom is -0.494 e. The maximum absolute atomic E-state index is 13.7. The summed E-state index contributed by atoms with van der Waals surface area (Å²) in [7, 11) is -1.03. The van der Waals surface area contributed by atoms with Gasteiger partial charge in [0.05, 0.1) is 34.0 Å². The Morgan fingerprint density at radius 3 is 2.45 bits per heavy atom. The van der Waals surface area contributed by atoms with E-state index in [1.54, 1.807) is 31.3 Å². The lowest BCUT2D eigenvalue weighted by Crippen LogP contribution is -2.53. The Morgan fingerprint density at radius 1 is 0.908 bits per heavy atom. The van der Waals surface area contributed by atoms with E-state index in [2.05, 4.69) is 93.8 Å². The average molecular weight is 963 g/mol. The summed E-state index contributed by atoms with van der Waals surface area (Å²) in [5.74, 6) is 1.16. The van der Waals surface area contributed by atoms with Crippen molar-refractivity contribution in [2.75, 3.05) is 81.8 Å². The van der Waals surface area contributed by atoms with Crippen LogP contribution >= 0.6 is 23.1 Å². The van der Waals surface area contributed by atoms with Gasteiger partial charge in [-0.25, -0.2) is 4.98 Å². The van der Waals surface area contributed by atoms with Crippen molar-refractivity contribution < 1.29 is 18.9 Å². The fourth-order valence-corrected chi connectivity index (χ4v) is 11.4. The molecule has 0 bridgehead atoms. The highest BCUT2D eigenvalue weighted by Gasteiger charge is 2.31. The highest BCUT2D eigenvalue weighted by Crippen LogP contribution is 2.42. The summed E-state index contributed by atoms with van der Waals surface area (Å²) < 4.78 is 22.0. The van der Waals surface area contributed by atoms with Gasteiger partial charge in [-0.15, -0.1) is 0 Å². The fraction of sp³-hybridized carbons (Fsp3) is 0.417. The van der Waals surface area contributed by atoms with E-state index >= 15 is 0 Å². The third-order valence-electron chi connectivity index (χ3n) is 13.1. The van der Waals surface area contributed by atoms with Crippen molar-refractivity contribution in [2.45, 2.75) is 64.5 Å². The second-order valence-electron chi connectivity index (χ2n) is 17.8. The quantitative estimate of drug-likeness (QED) is 0.0769. The summed E-state index contributed by atoms with van der Waals surface area (Å²) >= 11 is 3.63. The molecule has 9 rings (SSSR count). The van der Waals surface area contributed by atoms with Crippen molar-refractivity contribution in [1.29, 1.82) is 0 Å². The first-order chi connectivity index (χ1) is 31.3. The highest BCUT2D eigenvalue weighted by molar-refractivity contribution is 9.10. The number of carbonyl (C=O) groups excluding carboxylic acids is 2. The van der Waals surface area contributed by atoms with Crippen LogP contribution < -0.4 is 30.9 Å². The van der Waals surface area contributed by atoms with Crippen molar-refractivity contribution in [3.8, 4) is 5.75 Å². The van der Waals surface area contributed by atoms with Crippen LogP contribution in [0.4, 0.5) is 28.8 Å². The minimum atomic E-state index is -2.72. The molecule has 65 heavy (non-hydrogen) atoms. The number of nitrogens with one attached hydrogen (secondary N) is 3. The molecule has 6 aromatic rings. The Morgan fingerprint density at radius 2 is 1.71 bits per heavy atom. The van der Waals surface area contributed by atoms with Gasteiger partial charge in [0, 0.05) is 104 Å². The van der Waals surface area contributed by atoms with Gasteiger partial charge in [-0.05, 0) is 110 Å². The second-order valence-corrected chi connectivity index (χ2v) is 21.8. The van der Waals surface area contributed by atoms with Crippen LogP contribution in [0.15, 0.2) is 71.5 Å². The Bertz CT molecular complexity index is 2810. The molecule has 0 radical (unpaired) electrons. The molecule has 1 unspecified atom stereocenters. The standard InChI is InChI=1S/C48H57BrN11O4P/c1-6-32-26-40(53-48-50-28-36(49)46(55-48)52-38-12-11-37-35(10-7-30(2)51-37)45(38)65(4,5)63)43(64-3)27-42(32)59-19-16-34(17-20-59)58-23-21-57(22-24-58)18-15-31-8-9-33-29-60(56-39(33)25-31)41-13-14-44(61)54-47(41)62/h7-12,25-29,34,41H,6,13-24H2,1-5H3,(H,54,61,62)(H2,50,52,53,55). The van der Waals surface area contributed by atoms with Gasteiger partial charge in [0.15, 0.2) is 0 Å². The van der Waals surface area contributed by atoms with E-state index in [0.29, 0.717) is 40.8 Å². The van der Waals surface area contributed by atoms with Crippen LogP contribution in [0.2, 0.25) is 0 Å². The molecule has 3 saturated heterocycles. The molecule has 3 aromatic heterocycles. The smallest absolute Gasteiger partial charge is 0.251 e. The minimum absolute atomic E-state index is 0.218. The number of anilines is 5. The van der Waals surface area contributed by atoms with Gasteiger partial charge < -0.3 is 29.7 Å². The molecule has 3 aliphatic rings. The van der Waals surface area contributed by atoms with Crippen LogP contribution in [0.1, 0.15) is 55.5 Å². The van der Waals surface area contributed by atoms with Crippen molar-refractivity contribution in [2.24, 2.45) is 0 Å². The van der Waals surface area contributed by atoms with E-state index in [1.807, 2.05) is 37.4 Å². The number of halogens is 1. The summed E-state index contributed by atoms with van der Waals surface area (Å²) in [5.41, 5.74) is 7.76. The van der Waals surface area contributed by atoms with Gasteiger partial charge in [0.2, 0.25) is 11.9 Å². The molecule has 340 valence electrons. The Labute approximate surface area is 388 Å². The van der Waals surface area contributed by atoms with E-state index in [0.717, 1.165) is 116 Å². The average Bonchev–Trinajstić information content (AvgIpc) is 3.72. The molecule has 3 aromatic carbocycles. The van der Waals surface area contributed by atoms with Crippen LogP contribution in [0.25, 0.3) is 21.8 Å². The largest absolute Gasteiger partial charge is 0.494 e. The van der Waals surface area contributed by atoms with Gasteiger partial charge in [-0.3, -0.25) is 29.5 Å². The van der Waals surface area contributed by atoms with Gasteiger partial charge in [-0.1, -0.05) is 25.1 Å². The molecule has 0 aliphatic carbocycles. The number of carbonyl (C=O) groups is 2. The molecule has 0 saturated carbocycles. The Hall–Kier alpha value is -5.41. The normalized spacial score (nSPS) is 18.1. The maximum Gasteiger partial charge on any atom is 0.251 e. The van der Waals surface area contributed by atoms with Gasteiger partial charge in [0.1, 0.15) is 24.8 Å². The first-order valence-electron chi connectivity index (χ1n) is 22.6. The third kappa shape index (κ3) is 9.77. The molecule has 6 heterocycles. The number of rotatable bonds is 13. The monoisotopic (exact) mass is 961 g/mol. The molecule has 3 aliphatic heterocycles. The number of nitrogens with zero attached hydrogens (tertiary/aromatic N) is 8. The van der Waals surface area contributed by atoms with Crippen LogP contribution in [-0.4, -0.2) is 119 Å². The van der Waals surface area contributed by atoms with Crippen LogP contribution in [0.3, 0.4) is 0 Å². The van der Waals surface area contributed by atoms with E-state index in [1.165, 1.54) is 16.8 Å². The number of hydrogen-bond acceptors (Lipinski definition) is 13. The van der Waals surface area contributed by atoms with Crippen molar-refractivity contribution in [1.82, 2.24) is 39.8 Å². The topological polar surface area (TPSA) is 163 Å². The predicted octanol–water partition coefficient (Wildman–Crippen LogP) is 7.56. The Kier molecular flexibility index (Phi) is 13.0. The number of aryl methyl sites for hydroxylation is 2. The summed E-state index contributed by atoms with van der Waals surface area (Å²) in [4.78, 5) is 45.9. The van der Waals surface area contributed by atoms with Gasteiger partial charge in [-0.2, -0.15) is 10.1 Å². The van der Waals surface area contributed by atoms with E-state index in [9.17, 15) is 14.2 Å². The zero-order valence-corrected chi connectivity index (χ0v) is 40.2. The number of fused-ring (bicyclic) bond motifs is 2. The first-order valence-corrected chi connectivity index (χ1v) is 26.0. The Balaban J connectivity index is 0.799. The number of piperidine rings is 2. The van der Waals surface area contributed by atoms with Crippen molar-refractivity contribution in [3.63, 3.8) is 0 Å². The third-order valence-corrected chi connectivity index (χ3v) is 15.2.